The van der Waals surface area contributed by atoms with Gasteiger partial charge in [0, 0.05) is 37.1 Å². The van der Waals surface area contributed by atoms with Crippen molar-refractivity contribution in [3.63, 3.8) is 0 Å². The van der Waals surface area contributed by atoms with E-state index >= 15 is 0 Å². The molecule has 16 nitrogen and oxygen atoms in total. The molecule has 0 radical (unpaired) electrons. The summed E-state index contributed by atoms with van der Waals surface area (Å²) in [7, 11) is -5.84. The highest BCUT2D eigenvalue weighted by Crippen LogP contribution is 2.44. The Hall–Kier alpha value is -7.56. The fourth-order valence-corrected chi connectivity index (χ4v) is 7.70. The van der Waals surface area contributed by atoms with Crippen LogP contribution in [0, 0.1) is 0 Å². The number of nitrogens with zero attached hydrogens (tertiary/aromatic N) is 6. The molecule has 0 fully saturated rings. The minimum atomic E-state index is -5.84. The van der Waals surface area contributed by atoms with Gasteiger partial charge in [-0.2, -0.15) is 47.9 Å². The van der Waals surface area contributed by atoms with E-state index in [-0.39, 0.29) is 57.6 Å². The molecule has 0 unspecified atom stereocenters. The number of fused-ring (bicyclic) bond motifs is 2. The Balaban J connectivity index is 0.000000808. The quantitative estimate of drug-likeness (QED) is 0.0660. The van der Waals surface area contributed by atoms with Gasteiger partial charge < -0.3 is 24.8 Å². The van der Waals surface area contributed by atoms with Crippen molar-refractivity contribution in [1.29, 1.82) is 0 Å². The Bertz CT molecular complexity index is 3170. The number of carbonyl (C=O) groups is 2. The van der Waals surface area contributed by atoms with Crippen LogP contribution in [0.3, 0.4) is 0 Å². The predicted molar refractivity (Wildman–Crippen MR) is 231 cm³/mol. The number of hydrogen-bond donors (Lipinski definition) is 3. The fourth-order valence-electron chi connectivity index (χ4n) is 5.84. The number of carbonyl (C=O) groups excluding carboxylic acids is 2. The van der Waals surface area contributed by atoms with Gasteiger partial charge in [-0.3, -0.25) is 14.1 Å². The molecule has 4 aromatic carbocycles. The van der Waals surface area contributed by atoms with Crippen molar-refractivity contribution >= 4 is 75.3 Å². The number of hydrogen-bond acceptors (Lipinski definition) is 15. The standard InChI is InChI=1S/C40H24F6N8O5S2.CHF3O3S/c1-19(55)51-37-53-35-27(5-3-7-31(35)60-37)58-33-15-25(47-17-49-33)23-11-9-21(39(41,42)43)13-29(23)57-30-14-22(40(44,45)46)10-12-24(30)26-16-34(50-18-48-26)59-28-6-4-8-32-36(28)54-38(61-32)52-20(2)56;2-1(3,4)8(5,6)7/h3-18H,1-2H3,(H,51,53,55)(H,52,54,56);(H,5,6,7). The van der Waals surface area contributed by atoms with E-state index in [2.05, 4.69) is 40.5 Å². The van der Waals surface area contributed by atoms with Crippen LogP contribution in [0.15, 0.2) is 97.6 Å². The van der Waals surface area contributed by atoms with Crippen molar-refractivity contribution in [3.8, 4) is 57.3 Å². The second kappa shape index (κ2) is 19.2. The molecule has 0 bridgehead atoms. The molecule has 2 amide bonds. The lowest BCUT2D eigenvalue weighted by Gasteiger charge is -2.18. The van der Waals surface area contributed by atoms with Crippen LogP contribution < -0.4 is 24.8 Å². The number of anilines is 2. The zero-order valence-corrected chi connectivity index (χ0v) is 36.8. The zero-order chi connectivity index (χ0) is 50.1. The van der Waals surface area contributed by atoms with Crippen LogP contribution in [0.4, 0.5) is 49.8 Å². The summed E-state index contributed by atoms with van der Waals surface area (Å²) in [4.78, 5) is 48.7. The van der Waals surface area contributed by atoms with E-state index in [9.17, 15) is 49.1 Å². The van der Waals surface area contributed by atoms with Gasteiger partial charge in [-0.15, -0.1) is 0 Å². The maximum Gasteiger partial charge on any atom is 0.522 e. The molecule has 358 valence electrons. The second-order valence-corrected chi connectivity index (χ2v) is 17.2. The Morgan fingerprint density at radius 1 is 0.565 bits per heavy atom. The van der Waals surface area contributed by atoms with E-state index in [0.29, 0.717) is 42.8 Å². The molecule has 0 aliphatic heterocycles. The number of alkyl halides is 9. The molecule has 8 rings (SSSR count). The molecule has 0 saturated heterocycles. The van der Waals surface area contributed by atoms with Crippen LogP contribution in [0.1, 0.15) is 25.0 Å². The zero-order valence-electron chi connectivity index (χ0n) is 34.4. The van der Waals surface area contributed by atoms with Gasteiger partial charge in [0.2, 0.25) is 23.6 Å². The van der Waals surface area contributed by atoms with Crippen molar-refractivity contribution in [2.45, 2.75) is 31.7 Å². The predicted octanol–water partition coefficient (Wildman–Crippen LogP) is 11.5. The smallest absolute Gasteiger partial charge is 0.456 e. The maximum atomic E-state index is 14.2. The van der Waals surface area contributed by atoms with E-state index in [1.54, 1.807) is 36.4 Å². The summed E-state index contributed by atoms with van der Waals surface area (Å²) >= 11 is 2.40. The van der Waals surface area contributed by atoms with Crippen LogP contribution in [-0.2, 0) is 32.1 Å². The lowest BCUT2D eigenvalue weighted by atomic mass is 10.0. The molecular formula is C41H25F9N8O8S3. The van der Waals surface area contributed by atoms with Gasteiger partial charge in [-0.25, -0.2) is 29.9 Å². The van der Waals surface area contributed by atoms with E-state index in [0.717, 1.165) is 36.9 Å². The molecule has 0 spiro atoms. The maximum absolute atomic E-state index is 14.2. The first-order chi connectivity index (χ1) is 32.3. The number of benzene rings is 4. The van der Waals surface area contributed by atoms with Crippen molar-refractivity contribution in [1.82, 2.24) is 29.9 Å². The highest BCUT2D eigenvalue weighted by Gasteiger charge is 2.44. The summed E-state index contributed by atoms with van der Waals surface area (Å²) in [5.41, 5.74) is -7.23. The number of nitrogens with one attached hydrogen (secondary N) is 2. The highest BCUT2D eigenvalue weighted by atomic mass is 32.2. The molecule has 69 heavy (non-hydrogen) atoms. The number of para-hydroxylation sites is 2. The molecule has 8 aromatic rings. The third-order valence-electron chi connectivity index (χ3n) is 8.73. The summed E-state index contributed by atoms with van der Waals surface area (Å²) in [5.74, 6) is -1.35. The molecule has 0 aliphatic carbocycles. The van der Waals surface area contributed by atoms with Gasteiger partial charge in [0.05, 0.1) is 31.9 Å². The van der Waals surface area contributed by atoms with Gasteiger partial charge in [0.25, 0.3) is 0 Å². The first kappa shape index (κ1) is 49.3. The monoisotopic (exact) mass is 1020 g/mol. The lowest BCUT2D eigenvalue weighted by Crippen LogP contribution is -2.21. The van der Waals surface area contributed by atoms with Crippen LogP contribution in [-0.4, -0.2) is 60.2 Å². The molecular weight excluding hydrogens is 1000 g/mol. The first-order valence-electron chi connectivity index (χ1n) is 18.8. The summed E-state index contributed by atoms with van der Waals surface area (Å²) in [6.07, 6.45) is -7.59. The van der Waals surface area contributed by atoms with Gasteiger partial charge in [0.1, 0.15) is 35.2 Å². The molecule has 0 aliphatic rings. The highest BCUT2D eigenvalue weighted by molar-refractivity contribution is 7.86. The van der Waals surface area contributed by atoms with Gasteiger partial charge in [-0.1, -0.05) is 34.8 Å². The SMILES string of the molecule is CC(=O)Nc1nc2c(Oc3cc(-c4ccc(C(F)(F)F)cc4Oc4cc(C(F)(F)F)ccc4-c4cc(Oc5cccc6sc(NC(C)=O)nc56)ncn4)ncn3)cccc2s1.O=S(=O)(O)C(F)(F)F. The lowest BCUT2D eigenvalue weighted by molar-refractivity contribution is -0.138. The summed E-state index contributed by atoms with van der Waals surface area (Å²) < 4.78 is 162. The van der Waals surface area contributed by atoms with Crippen molar-refractivity contribution in [2.24, 2.45) is 0 Å². The third kappa shape index (κ3) is 11.9. The summed E-state index contributed by atoms with van der Waals surface area (Å²) in [6.45, 7) is 2.67. The fraction of sp³-hybridized carbons (Fsp3) is 0.122. The number of amides is 2. The van der Waals surface area contributed by atoms with Gasteiger partial charge in [-0.05, 0) is 60.7 Å². The number of aromatic nitrogens is 6. The molecule has 28 heteroatoms. The Labute approximate surface area is 388 Å². The van der Waals surface area contributed by atoms with Gasteiger partial charge >= 0.3 is 28.0 Å². The summed E-state index contributed by atoms with van der Waals surface area (Å²) in [6, 6.07) is 17.6. The largest absolute Gasteiger partial charge is 0.522 e. The second-order valence-electron chi connectivity index (χ2n) is 13.7. The van der Waals surface area contributed by atoms with Crippen molar-refractivity contribution in [2.75, 3.05) is 10.6 Å². The molecule has 3 N–H and O–H groups in total. The average molecular weight is 1020 g/mol. The van der Waals surface area contributed by atoms with Crippen molar-refractivity contribution in [3.05, 3.63) is 109 Å². The number of thiazole rings is 2. The Morgan fingerprint density at radius 3 is 1.30 bits per heavy atom. The van der Waals surface area contributed by atoms with Crippen LogP contribution in [0.2, 0.25) is 0 Å². The minimum Gasteiger partial charge on any atom is -0.456 e. The minimum absolute atomic E-state index is 0.0118. The van der Waals surface area contributed by atoms with Crippen LogP contribution in [0.25, 0.3) is 42.9 Å². The third-order valence-corrected chi connectivity index (χ3v) is 11.2. The molecule has 0 atom stereocenters. The Kier molecular flexibility index (Phi) is 13.7. The number of halogens is 9. The normalized spacial score (nSPS) is 12.0. The number of ether oxygens (including phenoxy) is 3. The molecule has 4 heterocycles. The van der Waals surface area contributed by atoms with E-state index in [1.165, 1.54) is 48.7 Å². The molecule has 0 saturated carbocycles. The summed E-state index contributed by atoms with van der Waals surface area (Å²) in [5, 5.41) is 5.86. The van der Waals surface area contributed by atoms with E-state index in [4.69, 9.17) is 27.2 Å². The average Bonchev–Trinajstić information content (AvgIpc) is 3.86. The Morgan fingerprint density at radius 2 is 0.957 bits per heavy atom. The molecule has 4 aromatic heterocycles. The van der Waals surface area contributed by atoms with Crippen molar-refractivity contribution < 1.29 is 76.3 Å². The first-order valence-corrected chi connectivity index (χ1v) is 21.9. The van der Waals surface area contributed by atoms with E-state index < -0.39 is 50.6 Å². The topological polar surface area (TPSA) is 218 Å². The van der Waals surface area contributed by atoms with Crippen LogP contribution in [0.5, 0.6) is 34.8 Å². The van der Waals surface area contributed by atoms with Crippen LogP contribution >= 0.6 is 22.7 Å². The number of rotatable bonds is 10. The van der Waals surface area contributed by atoms with Gasteiger partial charge in [0.15, 0.2) is 21.8 Å². The van der Waals surface area contributed by atoms with E-state index in [1.807, 2.05) is 0 Å².